The van der Waals surface area contributed by atoms with E-state index in [1.807, 2.05) is 0 Å². The number of hydrogen-bond donors (Lipinski definition) is 0. The van der Waals surface area contributed by atoms with E-state index >= 15 is 0 Å². The quantitative estimate of drug-likeness (QED) is 0.794. The molecular weight excluding hydrogens is 270 g/mol. The molecule has 1 fully saturated rings. The lowest BCUT2D eigenvalue weighted by molar-refractivity contribution is -0.128. The van der Waals surface area contributed by atoms with Gasteiger partial charge < -0.3 is 4.42 Å². The average molecular weight is 289 g/mol. The molecule has 0 saturated heterocycles. The highest BCUT2D eigenvalue weighted by Gasteiger charge is 2.34. The van der Waals surface area contributed by atoms with Crippen molar-refractivity contribution in [1.29, 1.82) is 0 Å². The number of amides is 2. The lowest BCUT2D eigenvalue weighted by Gasteiger charge is -2.28. The molecule has 5 nitrogen and oxygen atoms in total. The molecule has 5 heteroatoms. The summed E-state index contributed by atoms with van der Waals surface area (Å²) in [5, 5.41) is 0. The Bertz CT molecular complexity index is 642. The largest absolute Gasteiger partial charge is 0.426 e. The van der Waals surface area contributed by atoms with Gasteiger partial charge in [-0.25, -0.2) is 4.79 Å². The minimum atomic E-state index is -0.470. The van der Waals surface area contributed by atoms with Gasteiger partial charge in [-0.15, -0.1) is 0 Å². The SMILES string of the molecule is CCN1C(=O)Cc2oc(=O)cc(CCC3CCC3)c2C1=O. The Hall–Kier alpha value is -1.91. The summed E-state index contributed by atoms with van der Waals surface area (Å²) in [4.78, 5) is 37.2. The molecule has 1 aliphatic carbocycles. The van der Waals surface area contributed by atoms with Crippen LogP contribution in [0.15, 0.2) is 15.3 Å². The number of carbonyl (C=O) groups is 2. The lowest BCUT2D eigenvalue weighted by atomic mass is 9.81. The van der Waals surface area contributed by atoms with E-state index in [1.54, 1.807) is 6.92 Å². The van der Waals surface area contributed by atoms with Crippen molar-refractivity contribution >= 4 is 11.8 Å². The number of likely N-dealkylation sites (N-methyl/N-ethyl adjacent to an activating group) is 1. The first-order valence-corrected chi connectivity index (χ1v) is 7.60. The van der Waals surface area contributed by atoms with E-state index in [2.05, 4.69) is 0 Å². The fourth-order valence-corrected chi connectivity index (χ4v) is 3.12. The van der Waals surface area contributed by atoms with E-state index in [-0.39, 0.29) is 24.0 Å². The standard InChI is InChI=1S/C16H19NO4/c1-2-17-13(18)9-12-15(16(17)20)11(8-14(19)21-12)7-6-10-4-3-5-10/h8,10H,2-7,9H2,1H3. The van der Waals surface area contributed by atoms with Crippen molar-refractivity contribution in [1.82, 2.24) is 4.90 Å². The van der Waals surface area contributed by atoms with Crippen LogP contribution in [-0.4, -0.2) is 23.3 Å². The molecule has 0 N–H and O–H groups in total. The zero-order valence-electron chi connectivity index (χ0n) is 12.2. The van der Waals surface area contributed by atoms with Gasteiger partial charge in [0.2, 0.25) is 5.91 Å². The van der Waals surface area contributed by atoms with Crippen molar-refractivity contribution in [3.05, 3.63) is 33.4 Å². The molecule has 0 bridgehead atoms. The summed E-state index contributed by atoms with van der Waals surface area (Å²) >= 11 is 0. The van der Waals surface area contributed by atoms with Gasteiger partial charge in [0.15, 0.2) is 0 Å². The van der Waals surface area contributed by atoms with Crippen molar-refractivity contribution in [2.75, 3.05) is 6.54 Å². The Kier molecular flexibility index (Phi) is 3.66. The van der Waals surface area contributed by atoms with Gasteiger partial charge in [0.25, 0.3) is 5.91 Å². The molecule has 1 aromatic heterocycles. The van der Waals surface area contributed by atoms with E-state index in [1.165, 1.54) is 30.2 Å². The molecule has 0 radical (unpaired) electrons. The molecule has 0 unspecified atom stereocenters. The van der Waals surface area contributed by atoms with Crippen LogP contribution in [0.5, 0.6) is 0 Å². The minimum absolute atomic E-state index is 0.00141. The maximum Gasteiger partial charge on any atom is 0.336 e. The van der Waals surface area contributed by atoms with Gasteiger partial charge in [-0.2, -0.15) is 0 Å². The maximum absolute atomic E-state index is 12.5. The van der Waals surface area contributed by atoms with E-state index in [0.717, 1.165) is 12.0 Å². The molecule has 1 aliphatic heterocycles. The van der Waals surface area contributed by atoms with Gasteiger partial charge in [-0.1, -0.05) is 19.3 Å². The summed E-state index contributed by atoms with van der Waals surface area (Å²) in [6.45, 7) is 2.12. The van der Waals surface area contributed by atoms with Crippen molar-refractivity contribution in [3.63, 3.8) is 0 Å². The lowest BCUT2D eigenvalue weighted by Crippen LogP contribution is -2.43. The second-order valence-corrected chi connectivity index (χ2v) is 5.84. The molecule has 0 spiro atoms. The Morgan fingerprint density at radius 1 is 1.29 bits per heavy atom. The molecule has 0 aromatic carbocycles. The van der Waals surface area contributed by atoms with Gasteiger partial charge in [-0.05, 0) is 31.2 Å². The summed E-state index contributed by atoms with van der Waals surface area (Å²) in [7, 11) is 0. The van der Waals surface area contributed by atoms with Crippen LogP contribution < -0.4 is 5.63 Å². The smallest absolute Gasteiger partial charge is 0.336 e. The summed E-state index contributed by atoms with van der Waals surface area (Å²) < 4.78 is 5.10. The number of nitrogens with zero attached hydrogens (tertiary/aromatic N) is 1. The molecule has 0 atom stereocenters. The van der Waals surface area contributed by atoms with Crippen LogP contribution >= 0.6 is 0 Å². The third kappa shape index (κ3) is 2.52. The number of rotatable bonds is 4. The maximum atomic E-state index is 12.5. The van der Waals surface area contributed by atoms with Gasteiger partial charge in [0, 0.05) is 12.6 Å². The van der Waals surface area contributed by atoms with Crippen molar-refractivity contribution in [2.45, 2.75) is 45.4 Å². The van der Waals surface area contributed by atoms with Crippen LogP contribution in [0.1, 0.15) is 54.3 Å². The number of imide groups is 1. The Morgan fingerprint density at radius 3 is 2.67 bits per heavy atom. The van der Waals surface area contributed by atoms with Gasteiger partial charge in [-0.3, -0.25) is 14.5 Å². The Morgan fingerprint density at radius 2 is 2.05 bits per heavy atom. The summed E-state index contributed by atoms with van der Waals surface area (Å²) in [5.74, 6) is 0.326. The van der Waals surface area contributed by atoms with Gasteiger partial charge >= 0.3 is 5.63 Å². The Balaban J connectivity index is 1.95. The third-order valence-electron chi connectivity index (χ3n) is 4.55. The third-order valence-corrected chi connectivity index (χ3v) is 4.55. The first-order chi connectivity index (χ1) is 10.1. The summed E-state index contributed by atoms with van der Waals surface area (Å²) in [5.41, 5.74) is 0.711. The number of carbonyl (C=O) groups excluding carboxylic acids is 2. The fourth-order valence-electron chi connectivity index (χ4n) is 3.12. The minimum Gasteiger partial charge on any atom is -0.426 e. The summed E-state index contributed by atoms with van der Waals surface area (Å²) in [6.07, 6.45) is 5.44. The fraction of sp³-hybridized carbons (Fsp3) is 0.562. The van der Waals surface area contributed by atoms with Crippen molar-refractivity contribution in [3.8, 4) is 0 Å². The highest BCUT2D eigenvalue weighted by Crippen LogP contribution is 2.31. The number of aryl methyl sites for hydroxylation is 1. The zero-order chi connectivity index (χ0) is 15.0. The van der Waals surface area contributed by atoms with Gasteiger partial charge in [0.05, 0.1) is 12.0 Å². The molecule has 112 valence electrons. The van der Waals surface area contributed by atoms with E-state index in [0.29, 0.717) is 24.4 Å². The van der Waals surface area contributed by atoms with Crippen LogP contribution in [0, 0.1) is 5.92 Å². The van der Waals surface area contributed by atoms with Crippen molar-refractivity contribution < 1.29 is 14.0 Å². The first kappa shape index (κ1) is 14.0. The Labute approximate surface area is 122 Å². The average Bonchev–Trinajstić information content (AvgIpc) is 2.36. The molecule has 21 heavy (non-hydrogen) atoms. The van der Waals surface area contributed by atoms with Gasteiger partial charge in [0.1, 0.15) is 5.76 Å². The molecule has 1 saturated carbocycles. The van der Waals surface area contributed by atoms with E-state index < -0.39 is 5.63 Å². The van der Waals surface area contributed by atoms with Crippen molar-refractivity contribution in [2.24, 2.45) is 5.92 Å². The molecule has 3 rings (SSSR count). The van der Waals surface area contributed by atoms with Crippen LogP contribution in [0.3, 0.4) is 0 Å². The second-order valence-electron chi connectivity index (χ2n) is 5.84. The molecule has 2 heterocycles. The topological polar surface area (TPSA) is 67.6 Å². The van der Waals surface area contributed by atoms with E-state index in [9.17, 15) is 14.4 Å². The summed E-state index contributed by atoms with van der Waals surface area (Å²) in [6, 6.07) is 1.42. The highest BCUT2D eigenvalue weighted by atomic mass is 16.4. The zero-order valence-corrected chi connectivity index (χ0v) is 12.2. The van der Waals surface area contributed by atoms with Crippen LogP contribution in [-0.2, 0) is 17.6 Å². The monoisotopic (exact) mass is 289 g/mol. The molecule has 1 aromatic rings. The van der Waals surface area contributed by atoms with E-state index in [4.69, 9.17) is 4.42 Å². The predicted octanol–water partition coefficient (Wildman–Crippen LogP) is 1.92. The first-order valence-electron chi connectivity index (χ1n) is 7.60. The van der Waals surface area contributed by atoms with Crippen LogP contribution in [0.4, 0.5) is 0 Å². The van der Waals surface area contributed by atoms with Crippen LogP contribution in [0.2, 0.25) is 0 Å². The molecular formula is C16H19NO4. The predicted molar refractivity (Wildman–Crippen MR) is 76.1 cm³/mol. The highest BCUT2D eigenvalue weighted by molar-refractivity contribution is 6.09. The molecule has 2 aliphatic rings. The van der Waals surface area contributed by atoms with Crippen LogP contribution in [0.25, 0.3) is 0 Å². The number of fused-ring (bicyclic) bond motifs is 1. The number of hydrogen-bond acceptors (Lipinski definition) is 4. The molecule has 2 amide bonds. The second kappa shape index (κ2) is 5.47. The normalized spacial score (nSPS) is 18.6.